The van der Waals surface area contributed by atoms with E-state index in [4.69, 9.17) is 4.74 Å². The topological polar surface area (TPSA) is 41.5 Å². The molecule has 1 rings (SSSR count). The summed E-state index contributed by atoms with van der Waals surface area (Å²) in [5.41, 5.74) is 2.13. The molecule has 0 aliphatic rings. The lowest BCUT2D eigenvalue weighted by atomic mass is 9.95. The average Bonchev–Trinajstić information content (AvgIpc) is 2.27. The van der Waals surface area contributed by atoms with Gasteiger partial charge in [-0.15, -0.1) is 0 Å². The van der Waals surface area contributed by atoms with Crippen LogP contribution in [0.25, 0.3) is 0 Å². The normalized spacial score (nSPS) is 11.7. The first-order chi connectivity index (χ1) is 8.34. The lowest BCUT2D eigenvalue weighted by molar-refractivity contribution is 0.171. The van der Waals surface area contributed by atoms with E-state index >= 15 is 0 Å². The standard InChI is InChI=1S/C15H25NO2/c1-11(2)18-13-6-7-14(12(3)8-13)16-9-15(4,5)10-17/h6-8,11,16-17H,9-10H2,1-5H3. The summed E-state index contributed by atoms with van der Waals surface area (Å²) < 4.78 is 5.65. The van der Waals surface area contributed by atoms with Crippen molar-refractivity contribution in [3.63, 3.8) is 0 Å². The van der Waals surface area contributed by atoms with Gasteiger partial charge in [-0.05, 0) is 44.5 Å². The number of hydrogen-bond acceptors (Lipinski definition) is 3. The molecule has 0 unspecified atom stereocenters. The van der Waals surface area contributed by atoms with Crippen LogP contribution in [0.3, 0.4) is 0 Å². The van der Waals surface area contributed by atoms with Gasteiger partial charge in [0.2, 0.25) is 0 Å². The largest absolute Gasteiger partial charge is 0.491 e. The smallest absolute Gasteiger partial charge is 0.120 e. The van der Waals surface area contributed by atoms with E-state index in [0.29, 0.717) is 0 Å². The van der Waals surface area contributed by atoms with Gasteiger partial charge in [-0.2, -0.15) is 0 Å². The van der Waals surface area contributed by atoms with Gasteiger partial charge < -0.3 is 15.2 Å². The van der Waals surface area contributed by atoms with Gasteiger partial charge in [0.15, 0.2) is 0 Å². The first kappa shape index (κ1) is 14.8. The molecule has 0 atom stereocenters. The molecule has 0 spiro atoms. The summed E-state index contributed by atoms with van der Waals surface area (Å²) in [6.45, 7) is 11.1. The van der Waals surface area contributed by atoms with Crippen LogP contribution in [-0.4, -0.2) is 24.4 Å². The Morgan fingerprint density at radius 3 is 2.50 bits per heavy atom. The van der Waals surface area contributed by atoms with Crippen LogP contribution in [0, 0.1) is 12.3 Å². The van der Waals surface area contributed by atoms with E-state index in [0.717, 1.165) is 23.5 Å². The molecule has 3 nitrogen and oxygen atoms in total. The van der Waals surface area contributed by atoms with Crippen molar-refractivity contribution < 1.29 is 9.84 Å². The number of hydrogen-bond donors (Lipinski definition) is 2. The molecule has 18 heavy (non-hydrogen) atoms. The Bertz CT molecular complexity index is 386. The Hall–Kier alpha value is -1.22. The Kier molecular flexibility index (Phi) is 5.03. The number of aliphatic hydroxyl groups excluding tert-OH is 1. The second kappa shape index (κ2) is 6.10. The number of aliphatic hydroxyl groups is 1. The van der Waals surface area contributed by atoms with Crippen LogP contribution < -0.4 is 10.1 Å². The summed E-state index contributed by atoms with van der Waals surface area (Å²) in [5.74, 6) is 0.898. The highest BCUT2D eigenvalue weighted by molar-refractivity contribution is 5.53. The van der Waals surface area contributed by atoms with E-state index in [2.05, 4.69) is 12.2 Å². The van der Waals surface area contributed by atoms with Gasteiger partial charge in [-0.1, -0.05) is 13.8 Å². The summed E-state index contributed by atoms with van der Waals surface area (Å²) >= 11 is 0. The zero-order valence-electron chi connectivity index (χ0n) is 12.1. The van der Waals surface area contributed by atoms with Gasteiger partial charge in [0.25, 0.3) is 0 Å². The summed E-state index contributed by atoms with van der Waals surface area (Å²) in [5, 5.41) is 12.6. The predicted octanol–water partition coefficient (Wildman–Crippen LogP) is 3.21. The molecule has 3 heteroatoms. The number of aryl methyl sites for hydroxylation is 1. The van der Waals surface area contributed by atoms with Crippen molar-refractivity contribution >= 4 is 5.69 Å². The Morgan fingerprint density at radius 2 is 2.00 bits per heavy atom. The van der Waals surface area contributed by atoms with Crippen LogP contribution in [-0.2, 0) is 0 Å². The van der Waals surface area contributed by atoms with E-state index in [1.54, 1.807) is 0 Å². The molecule has 0 saturated carbocycles. The molecular weight excluding hydrogens is 226 g/mol. The highest BCUT2D eigenvalue weighted by atomic mass is 16.5. The first-order valence-electron chi connectivity index (χ1n) is 6.46. The van der Waals surface area contributed by atoms with Gasteiger partial charge >= 0.3 is 0 Å². The Labute approximate surface area is 110 Å². The highest BCUT2D eigenvalue weighted by Crippen LogP contribution is 2.23. The minimum Gasteiger partial charge on any atom is -0.491 e. The van der Waals surface area contributed by atoms with Crippen LogP contribution in [0.5, 0.6) is 5.75 Å². The summed E-state index contributed by atoms with van der Waals surface area (Å²) in [4.78, 5) is 0. The molecule has 1 aromatic rings. The third kappa shape index (κ3) is 4.57. The quantitative estimate of drug-likeness (QED) is 0.815. The van der Waals surface area contributed by atoms with Gasteiger partial charge in [0, 0.05) is 24.3 Å². The molecule has 0 aromatic heterocycles. The van der Waals surface area contributed by atoms with E-state index < -0.39 is 0 Å². The molecule has 0 fully saturated rings. The van der Waals surface area contributed by atoms with E-state index in [1.807, 2.05) is 45.9 Å². The molecule has 0 aliphatic heterocycles. The molecule has 0 radical (unpaired) electrons. The minimum absolute atomic E-state index is 0.112. The van der Waals surface area contributed by atoms with Crippen molar-refractivity contribution in [3.05, 3.63) is 23.8 Å². The van der Waals surface area contributed by atoms with Crippen molar-refractivity contribution in [1.82, 2.24) is 0 Å². The Balaban J connectivity index is 2.68. The maximum absolute atomic E-state index is 9.22. The van der Waals surface area contributed by atoms with Crippen LogP contribution in [0.2, 0.25) is 0 Å². The number of benzene rings is 1. The van der Waals surface area contributed by atoms with E-state index in [-0.39, 0.29) is 18.1 Å². The van der Waals surface area contributed by atoms with Gasteiger partial charge in [-0.3, -0.25) is 0 Å². The third-order valence-corrected chi connectivity index (χ3v) is 2.76. The molecule has 0 bridgehead atoms. The van der Waals surface area contributed by atoms with Crippen molar-refractivity contribution in [1.29, 1.82) is 0 Å². The number of ether oxygens (including phenoxy) is 1. The van der Waals surface area contributed by atoms with Crippen LogP contribution in [0.15, 0.2) is 18.2 Å². The van der Waals surface area contributed by atoms with Crippen molar-refractivity contribution in [3.8, 4) is 5.75 Å². The van der Waals surface area contributed by atoms with Gasteiger partial charge in [0.05, 0.1) is 6.10 Å². The number of nitrogens with one attached hydrogen (secondary N) is 1. The second-order valence-corrected chi connectivity index (χ2v) is 5.82. The van der Waals surface area contributed by atoms with Gasteiger partial charge in [-0.25, -0.2) is 0 Å². The molecule has 0 heterocycles. The minimum atomic E-state index is -0.112. The Morgan fingerprint density at radius 1 is 1.33 bits per heavy atom. The van der Waals surface area contributed by atoms with E-state index in [1.165, 1.54) is 0 Å². The SMILES string of the molecule is Cc1cc(OC(C)C)ccc1NCC(C)(C)CO. The van der Waals surface area contributed by atoms with Gasteiger partial charge in [0.1, 0.15) is 5.75 Å². The monoisotopic (exact) mass is 251 g/mol. The predicted molar refractivity (Wildman–Crippen MR) is 76.3 cm³/mol. The first-order valence-corrected chi connectivity index (χ1v) is 6.46. The van der Waals surface area contributed by atoms with Crippen molar-refractivity contribution in [2.75, 3.05) is 18.5 Å². The molecule has 1 aromatic carbocycles. The zero-order chi connectivity index (χ0) is 13.8. The number of rotatable bonds is 6. The highest BCUT2D eigenvalue weighted by Gasteiger charge is 2.16. The number of anilines is 1. The zero-order valence-corrected chi connectivity index (χ0v) is 12.1. The summed E-state index contributed by atoms with van der Waals surface area (Å²) in [6, 6.07) is 6.04. The molecule has 0 aliphatic carbocycles. The fraction of sp³-hybridized carbons (Fsp3) is 0.600. The molecule has 0 amide bonds. The third-order valence-electron chi connectivity index (χ3n) is 2.76. The van der Waals surface area contributed by atoms with Crippen LogP contribution >= 0.6 is 0 Å². The van der Waals surface area contributed by atoms with Crippen molar-refractivity contribution in [2.24, 2.45) is 5.41 Å². The fourth-order valence-electron chi connectivity index (χ4n) is 1.57. The molecule has 2 N–H and O–H groups in total. The molecule has 0 saturated heterocycles. The fourth-order valence-corrected chi connectivity index (χ4v) is 1.57. The second-order valence-electron chi connectivity index (χ2n) is 5.82. The average molecular weight is 251 g/mol. The van der Waals surface area contributed by atoms with Crippen LogP contribution in [0.1, 0.15) is 33.3 Å². The maximum atomic E-state index is 9.22. The van der Waals surface area contributed by atoms with Crippen LogP contribution in [0.4, 0.5) is 5.69 Å². The van der Waals surface area contributed by atoms with E-state index in [9.17, 15) is 5.11 Å². The lowest BCUT2D eigenvalue weighted by Gasteiger charge is -2.23. The summed E-state index contributed by atoms with van der Waals surface area (Å²) in [7, 11) is 0. The maximum Gasteiger partial charge on any atom is 0.120 e. The lowest BCUT2D eigenvalue weighted by Crippen LogP contribution is -2.27. The van der Waals surface area contributed by atoms with Crippen molar-refractivity contribution in [2.45, 2.75) is 40.7 Å². The molecule has 102 valence electrons. The summed E-state index contributed by atoms with van der Waals surface area (Å²) in [6.07, 6.45) is 0.191. The molecular formula is C15H25NO2.